The minimum Gasteiger partial charge on any atom is -0.464 e. The van der Waals surface area contributed by atoms with E-state index < -0.39 is 66.0 Å². The molecule has 3 saturated heterocycles. The molecule has 0 radical (unpaired) electrons. The van der Waals surface area contributed by atoms with Gasteiger partial charge in [0.25, 0.3) is 5.91 Å². The Morgan fingerprint density at radius 2 is 1.77 bits per heavy atom. The van der Waals surface area contributed by atoms with Crippen molar-refractivity contribution in [3.63, 3.8) is 0 Å². The lowest BCUT2D eigenvalue weighted by Crippen LogP contribution is -2.62. The molecule has 7 heterocycles. The summed E-state index contributed by atoms with van der Waals surface area (Å²) >= 11 is 1.22. The van der Waals surface area contributed by atoms with Gasteiger partial charge in [0.1, 0.15) is 23.9 Å². The summed E-state index contributed by atoms with van der Waals surface area (Å²) in [5.41, 5.74) is 7.15. The minimum absolute atomic E-state index is 0.0204. The van der Waals surface area contributed by atoms with Crippen LogP contribution in [0.25, 0.3) is 33.4 Å². The smallest absolute Gasteiger partial charge is 0.401 e. The molecule has 0 spiro atoms. The van der Waals surface area contributed by atoms with Gasteiger partial charge in [-0.3, -0.25) is 29.3 Å². The highest BCUT2D eigenvalue weighted by Crippen LogP contribution is 2.44. The number of thiazole rings is 1. The van der Waals surface area contributed by atoms with Gasteiger partial charge >= 0.3 is 18.2 Å². The first-order chi connectivity index (χ1) is 34.7. The zero-order chi connectivity index (χ0) is 52.5. The summed E-state index contributed by atoms with van der Waals surface area (Å²) < 4.78 is 76.4. The summed E-state index contributed by atoms with van der Waals surface area (Å²) in [7, 11) is 3.16. The zero-order valence-corrected chi connectivity index (χ0v) is 43.8. The number of pyridine rings is 1. The molecule has 0 aliphatic carbocycles. The van der Waals surface area contributed by atoms with E-state index in [-0.39, 0.29) is 50.2 Å². The van der Waals surface area contributed by atoms with Crippen LogP contribution in [-0.4, -0.2) is 169 Å². The number of hydrogen-bond acceptors (Lipinski definition) is 13. The Morgan fingerprint density at radius 3 is 2.44 bits per heavy atom. The van der Waals surface area contributed by atoms with Crippen LogP contribution in [0.1, 0.15) is 76.8 Å². The lowest BCUT2D eigenvalue weighted by molar-refractivity contribution is -0.155. The number of cyclic esters (lactones) is 1. The van der Waals surface area contributed by atoms with Crippen LogP contribution >= 0.6 is 11.3 Å². The molecular formula is C51H68F4N10O7S. The number of likely N-dealkylation sites (N-methyl/N-ethyl adjacent to an activating group) is 1. The summed E-state index contributed by atoms with van der Waals surface area (Å²) in [5, 5.41) is 7.19. The van der Waals surface area contributed by atoms with Crippen LogP contribution in [0.15, 0.2) is 29.8 Å². The number of carbonyl (C=O) groups is 4. The van der Waals surface area contributed by atoms with Gasteiger partial charge in [0.05, 0.1) is 72.0 Å². The number of urea groups is 1. The fourth-order valence-electron chi connectivity index (χ4n) is 10.5. The molecule has 4 atom stereocenters. The third-order valence-corrected chi connectivity index (χ3v) is 15.2. The van der Waals surface area contributed by atoms with Crippen molar-refractivity contribution in [1.29, 1.82) is 0 Å². The Hall–Kier alpha value is -5.42. The maximum atomic E-state index is 16.9. The number of nitrogens with zero attached hydrogens (tertiary/aromatic N) is 8. The molecular weight excluding hydrogens is 973 g/mol. The Kier molecular flexibility index (Phi) is 16.4. The van der Waals surface area contributed by atoms with Gasteiger partial charge in [-0.1, -0.05) is 27.7 Å². The summed E-state index contributed by atoms with van der Waals surface area (Å²) in [6.45, 7) is 13.8. The number of benzene rings is 1. The highest BCUT2D eigenvalue weighted by molar-refractivity contribution is 7.10. The number of anilines is 1. The lowest BCUT2D eigenvalue weighted by Gasteiger charge is -2.38. The first-order valence-corrected chi connectivity index (χ1v) is 26.0. The number of alkyl halides is 3. The summed E-state index contributed by atoms with van der Waals surface area (Å²) in [5.74, 6) is -2.49. The van der Waals surface area contributed by atoms with E-state index in [1.807, 2.05) is 57.1 Å². The van der Waals surface area contributed by atoms with Gasteiger partial charge in [-0.25, -0.2) is 19.6 Å². The second-order valence-corrected chi connectivity index (χ2v) is 21.6. The number of esters is 1. The number of methoxy groups -OCH3 is 1. The standard InChI is InChI=1S/C51H68F4N10O7S/c1-9-64-41-23-37(52)34-22-33(41)36(45(64)35-21-32(26-56-43(35)31(4)70-8)62-15-13-61(14-16-62)28-51(53,54)55)25-50(5,6)29-72-48(68)38-11-10-12-65(59-38)47(67)39(24-42-57-40(34)27-73-42)58-46(66)44(30(2)3)60(7)49(69)63-17-19-71-20-18-63/h21-23,26-27,30-31,38-39,44,59H,9-20,24-25,28-29H2,1-8H3,(H,58,66)/t31-,38-,39-,44-/m0/s1. The molecule has 0 unspecified atom stereocenters. The molecule has 8 rings (SSSR count). The highest BCUT2D eigenvalue weighted by Gasteiger charge is 2.40. The van der Waals surface area contributed by atoms with E-state index in [1.165, 1.54) is 32.2 Å². The van der Waals surface area contributed by atoms with Crippen molar-refractivity contribution in [2.45, 2.75) is 104 Å². The number of halogens is 4. The van der Waals surface area contributed by atoms with Gasteiger partial charge in [-0.15, -0.1) is 11.3 Å². The van der Waals surface area contributed by atoms with Gasteiger partial charge in [-0.05, 0) is 62.8 Å². The number of nitrogens with one attached hydrogen (secondary N) is 2. The summed E-state index contributed by atoms with van der Waals surface area (Å²) in [6.07, 6.45) is -1.94. The number of carbonyl (C=O) groups excluding carboxylic acids is 4. The Morgan fingerprint density at radius 1 is 1.04 bits per heavy atom. The topological polar surface area (TPSA) is 167 Å². The van der Waals surface area contributed by atoms with E-state index in [1.54, 1.807) is 36.7 Å². The molecule has 3 fully saturated rings. The SMILES string of the molecule is CCn1c(-c2cc(N3CCN(CC(F)(F)F)CC3)cnc2[C@H](C)OC)c2c3cc(c(F)cc31)-c1csc(n1)C[C@H](NC(=O)[C@H](C(C)C)N(C)C(=O)N1CCOCC1)C(=O)N1CCC[C@H](N1)C(=O)OCC(C)(C)C2. The second kappa shape index (κ2) is 22.2. The molecule has 22 heteroatoms. The highest BCUT2D eigenvalue weighted by atomic mass is 32.1. The Bertz CT molecular complexity index is 2660. The molecule has 4 aromatic rings. The van der Waals surface area contributed by atoms with Crippen molar-refractivity contribution in [3.8, 4) is 22.5 Å². The van der Waals surface area contributed by atoms with Gasteiger partial charge in [0.2, 0.25) is 5.91 Å². The Labute approximate surface area is 427 Å². The predicted molar refractivity (Wildman–Crippen MR) is 268 cm³/mol. The maximum Gasteiger partial charge on any atom is 0.401 e. The first-order valence-electron chi connectivity index (χ1n) is 25.2. The van der Waals surface area contributed by atoms with E-state index in [0.717, 1.165) is 22.3 Å². The van der Waals surface area contributed by atoms with Gasteiger partial charge < -0.3 is 38.8 Å². The summed E-state index contributed by atoms with van der Waals surface area (Å²) in [6, 6.07) is 1.92. The molecule has 1 aromatic carbocycles. The van der Waals surface area contributed by atoms with Crippen LogP contribution in [0.5, 0.6) is 0 Å². The molecule has 398 valence electrons. The van der Waals surface area contributed by atoms with Crippen molar-refractivity contribution in [2.24, 2.45) is 11.3 Å². The third-order valence-electron chi connectivity index (χ3n) is 14.3. The van der Waals surface area contributed by atoms with E-state index in [9.17, 15) is 32.3 Å². The monoisotopic (exact) mass is 1040 g/mol. The maximum absolute atomic E-state index is 16.9. The van der Waals surface area contributed by atoms with Crippen LogP contribution < -0.4 is 15.6 Å². The Balaban J connectivity index is 1.21. The van der Waals surface area contributed by atoms with E-state index in [4.69, 9.17) is 24.2 Å². The quantitative estimate of drug-likeness (QED) is 0.132. The molecule has 4 amide bonds. The van der Waals surface area contributed by atoms with Crippen LogP contribution in [-0.2, 0) is 48.0 Å². The number of aryl methyl sites for hydroxylation is 1. The third kappa shape index (κ3) is 11.9. The van der Waals surface area contributed by atoms with Crippen molar-refractivity contribution >= 4 is 51.7 Å². The van der Waals surface area contributed by atoms with Crippen molar-refractivity contribution in [2.75, 3.05) is 91.2 Å². The van der Waals surface area contributed by atoms with Gasteiger partial charge in [0, 0.05) is 100 Å². The van der Waals surface area contributed by atoms with E-state index in [2.05, 4.69) is 10.7 Å². The zero-order valence-electron chi connectivity index (χ0n) is 42.9. The largest absolute Gasteiger partial charge is 0.464 e. The second-order valence-electron chi connectivity index (χ2n) is 20.6. The van der Waals surface area contributed by atoms with Gasteiger partial charge in [-0.2, -0.15) is 13.2 Å². The molecule has 4 aliphatic heterocycles. The fraction of sp³-hybridized carbons (Fsp3) is 0.608. The van der Waals surface area contributed by atoms with Crippen LogP contribution in [0.4, 0.5) is 28.0 Å². The van der Waals surface area contributed by atoms with Crippen LogP contribution in [0.3, 0.4) is 0 Å². The molecule has 2 N–H and O–H groups in total. The number of ether oxygens (including phenoxy) is 3. The number of aromatic nitrogens is 3. The molecule has 17 nitrogen and oxygen atoms in total. The van der Waals surface area contributed by atoms with E-state index in [0.29, 0.717) is 92.7 Å². The fourth-order valence-corrected chi connectivity index (χ4v) is 11.4. The number of amides is 4. The molecule has 0 saturated carbocycles. The first kappa shape index (κ1) is 53.9. The number of rotatable bonds is 10. The predicted octanol–water partition coefficient (Wildman–Crippen LogP) is 6.43. The van der Waals surface area contributed by atoms with Crippen LogP contribution in [0.2, 0.25) is 0 Å². The van der Waals surface area contributed by atoms with Crippen LogP contribution in [0, 0.1) is 17.2 Å². The van der Waals surface area contributed by atoms with Gasteiger partial charge in [0.15, 0.2) is 0 Å². The normalized spacial score (nSPS) is 21.2. The number of hydrazine groups is 1. The van der Waals surface area contributed by atoms with E-state index >= 15 is 4.39 Å². The number of piperazine rings is 1. The minimum atomic E-state index is -4.31. The van der Waals surface area contributed by atoms with Crippen molar-refractivity contribution in [1.82, 2.24) is 45.0 Å². The molecule has 4 aliphatic rings. The molecule has 6 bridgehead atoms. The molecule has 73 heavy (non-hydrogen) atoms. The lowest BCUT2D eigenvalue weighted by atomic mass is 9.84. The van der Waals surface area contributed by atoms with Crippen molar-refractivity contribution in [3.05, 3.63) is 51.9 Å². The number of fused-ring (bicyclic) bond motifs is 6. The van der Waals surface area contributed by atoms with Crippen molar-refractivity contribution < 1.29 is 51.0 Å². The average molecular weight is 1040 g/mol. The summed E-state index contributed by atoms with van der Waals surface area (Å²) in [4.78, 5) is 73.1. The number of hydrogen-bond donors (Lipinski definition) is 2. The molecule has 3 aromatic heterocycles. The average Bonchev–Trinajstić information content (AvgIpc) is 3.94. The number of morpholine rings is 1.